The van der Waals surface area contributed by atoms with Crippen LogP contribution in [0.4, 0.5) is 5.82 Å². The number of amides is 1. The van der Waals surface area contributed by atoms with Gasteiger partial charge in [0, 0.05) is 36.9 Å². The zero-order chi connectivity index (χ0) is 24.1. The van der Waals surface area contributed by atoms with Gasteiger partial charge in [-0.05, 0) is 75.6 Å². The number of hydrogen-bond acceptors (Lipinski definition) is 6. The minimum Gasteiger partial charge on any atom is -0.462 e. The molecule has 1 aromatic carbocycles. The number of rotatable bonds is 7. The summed E-state index contributed by atoms with van der Waals surface area (Å²) in [5.41, 5.74) is 1.51. The monoisotopic (exact) mass is 467 g/mol. The summed E-state index contributed by atoms with van der Waals surface area (Å²) in [6.45, 7) is 5.35. The van der Waals surface area contributed by atoms with Crippen molar-refractivity contribution in [3.05, 3.63) is 41.6 Å². The summed E-state index contributed by atoms with van der Waals surface area (Å²) in [5.74, 6) is 0.421. The molecule has 1 saturated carbocycles. The molecule has 0 spiro atoms. The molecule has 34 heavy (non-hydrogen) atoms. The van der Waals surface area contributed by atoms with Crippen LogP contribution in [-0.2, 0) is 14.3 Å². The molecule has 0 bridgehead atoms. The second-order valence-corrected chi connectivity index (χ2v) is 9.25. The number of carbonyl (C=O) groups is 3. The standard InChI is InChI=1S/C26H33N3O5/c1-3-34-26(32)23-16-28(21-10-6-19(17-30)7-11-21)27-24(23)29(22-12-14-33-15-13-22)25(31)20-8-4-18(2)5-9-20/h6-7,10-11,16-18,20,22H,3-5,8-9,12-15H2,1-2H3. The van der Waals surface area contributed by atoms with Crippen molar-refractivity contribution in [3.63, 3.8) is 0 Å². The number of aldehydes is 1. The maximum Gasteiger partial charge on any atom is 0.343 e. The summed E-state index contributed by atoms with van der Waals surface area (Å²) in [6, 6.07) is 6.82. The molecule has 8 nitrogen and oxygen atoms in total. The van der Waals surface area contributed by atoms with Crippen LogP contribution in [0, 0.1) is 11.8 Å². The van der Waals surface area contributed by atoms with Crippen LogP contribution in [0.15, 0.2) is 30.5 Å². The van der Waals surface area contributed by atoms with E-state index in [4.69, 9.17) is 14.6 Å². The van der Waals surface area contributed by atoms with E-state index in [0.29, 0.717) is 49.0 Å². The van der Waals surface area contributed by atoms with Gasteiger partial charge in [0.25, 0.3) is 0 Å². The fraction of sp³-hybridized carbons (Fsp3) is 0.538. The van der Waals surface area contributed by atoms with Crippen molar-refractivity contribution >= 4 is 24.0 Å². The molecule has 2 aliphatic rings. The van der Waals surface area contributed by atoms with Crippen molar-refractivity contribution in [3.8, 4) is 5.69 Å². The molecule has 1 aliphatic heterocycles. The van der Waals surface area contributed by atoms with Gasteiger partial charge in [0.2, 0.25) is 5.91 Å². The Labute approximate surface area is 200 Å². The molecule has 0 N–H and O–H groups in total. The first kappa shape index (κ1) is 24.1. The number of anilines is 1. The van der Waals surface area contributed by atoms with E-state index in [0.717, 1.165) is 32.0 Å². The predicted octanol–water partition coefficient (Wildman–Crippen LogP) is 4.20. The Balaban J connectivity index is 1.76. The number of nitrogens with zero attached hydrogens (tertiary/aromatic N) is 3. The van der Waals surface area contributed by atoms with Crippen LogP contribution in [0.25, 0.3) is 5.69 Å². The molecule has 4 rings (SSSR count). The van der Waals surface area contributed by atoms with Crippen molar-refractivity contribution in [1.82, 2.24) is 9.78 Å². The zero-order valence-corrected chi connectivity index (χ0v) is 19.9. The average molecular weight is 468 g/mol. The van der Waals surface area contributed by atoms with Crippen molar-refractivity contribution in [2.75, 3.05) is 24.7 Å². The normalized spacial score (nSPS) is 21.1. The summed E-state index contributed by atoms with van der Waals surface area (Å²) >= 11 is 0. The van der Waals surface area contributed by atoms with Gasteiger partial charge in [0.15, 0.2) is 5.82 Å². The van der Waals surface area contributed by atoms with E-state index < -0.39 is 5.97 Å². The molecule has 1 aromatic heterocycles. The van der Waals surface area contributed by atoms with Gasteiger partial charge < -0.3 is 9.47 Å². The predicted molar refractivity (Wildman–Crippen MR) is 127 cm³/mol. The van der Waals surface area contributed by atoms with E-state index in [2.05, 4.69) is 6.92 Å². The molecule has 1 amide bonds. The Morgan fingerprint density at radius 2 is 1.79 bits per heavy atom. The van der Waals surface area contributed by atoms with Crippen LogP contribution < -0.4 is 4.90 Å². The van der Waals surface area contributed by atoms with Gasteiger partial charge in [-0.15, -0.1) is 5.10 Å². The molecule has 0 unspecified atom stereocenters. The van der Waals surface area contributed by atoms with Gasteiger partial charge >= 0.3 is 5.97 Å². The first-order chi connectivity index (χ1) is 16.5. The number of hydrogen-bond donors (Lipinski definition) is 0. The Kier molecular flexibility index (Phi) is 7.77. The third kappa shape index (κ3) is 5.22. The van der Waals surface area contributed by atoms with Crippen LogP contribution >= 0.6 is 0 Å². The lowest BCUT2D eigenvalue weighted by Crippen LogP contribution is -2.47. The van der Waals surface area contributed by atoms with Gasteiger partial charge in [-0.3, -0.25) is 14.5 Å². The minimum atomic E-state index is -0.504. The maximum atomic E-state index is 13.9. The van der Waals surface area contributed by atoms with Crippen LogP contribution in [-0.4, -0.2) is 53.8 Å². The molecule has 0 radical (unpaired) electrons. The lowest BCUT2D eigenvalue weighted by Gasteiger charge is -2.37. The molecule has 2 heterocycles. The average Bonchev–Trinajstić information content (AvgIpc) is 3.30. The minimum absolute atomic E-state index is 0.0332. The smallest absolute Gasteiger partial charge is 0.343 e. The number of benzene rings is 1. The van der Waals surface area contributed by atoms with Crippen molar-refractivity contribution in [1.29, 1.82) is 0 Å². The zero-order valence-electron chi connectivity index (χ0n) is 19.9. The van der Waals surface area contributed by atoms with Crippen LogP contribution in [0.3, 0.4) is 0 Å². The van der Waals surface area contributed by atoms with Gasteiger partial charge in [-0.25, -0.2) is 9.48 Å². The summed E-state index contributed by atoms with van der Waals surface area (Å²) in [6.07, 6.45) is 7.53. The quantitative estimate of drug-likeness (QED) is 0.448. The highest BCUT2D eigenvalue weighted by molar-refractivity contribution is 6.02. The number of carbonyl (C=O) groups excluding carboxylic acids is 3. The Morgan fingerprint density at radius 3 is 2.41 bits per heavy atom. The van der Waals surface area contributed by atoms with Crippen LogP contribution in [0.5, 0.6) is 0 Å². The largest absolute Gasteiger partial charge is 0.462 e. The SMILES string of the molecule is CCOC(=O)c1cn(-c2ccc(C=O)cc2)nc1N(C(=O)C1CCC(C)CC1)C1CCOCC1. The number of ether oxygens (including phenoxy) is 2. The molecule has 0 atom stereocenters. The molecule has 182 valence electrons. The summed E-state index contributed by atoms with van der Waals surface area (Å²) in [7, 11) is 0. The lowest BCUT2D eigenvalue weighted by molar-refractivity contribution is -0.124. The Morgan fingerprint density at radius 1 is 1.12 bits per heavy atom. The van der Waals surface area contributed by atoms with Gasteiger partial charge in [0.05, 0.1) is 12.3 Å². The van der Waals surface area contributed by atoms with Crippen LogP contribution in [0.2, 0.25) is 0 Å². The first-order valence-electron chi connectivity index (χ1n) is 12.2. The van der Waals surface area contributed by atoms with E-state index in [1.54, 1.807) is 47.0 Å². The van der Waals surface area contributed by atoms with Crippen LogP contribution in [0.1, 0.15) is 73.1 Å². The number of aromatic nitrogens is 2. The fourth-order valence-electron chi connectivity index (χ4n) is 4.84. The highest BCUT2D eigenvalue weighted by atomic mass is 16.5. The molecule has 8 heteroatoms. The maximum absolute atomic E-state index is 13.9. The summed E-state index contributed by atoms with van der Waals surface area (Å²) in [5, 5.41) is 4.74. The van der Waals surface area contributed by atoms with Gasteiger partial charge in [0.1, 0.15) is 11.8 Å². The van der Waals surface area contributed by atoms with E-state index in [1.165, 1.54) is 0 Å². The Bertz CT molecular complexity index is 1000. The van der Waals surface area contributed by atoms with E-state index >= 15 is 0 Å². The molecule has 1 aliphatic carbocycles. The first-order valence-corrected chi connectivity index (χ1v) is 12.2. The number of esters is 1. The molecule has 2 aromatic rings. The summed E-state index contributed by atoms with van der Waals surface area (Å²) in [4.78, 5) is 39.7. The van der Waals surface area contributed by atoms with Crippen molar-refractivity contribution in [2.45, 2.75) is 58.4 Å². The second-order valence-electron chi connectivity index (χ2n) is 9.25. The van der Waals surface area contributed by atoms with Crippen molar-refractivity contribution in [2.24, 2.45) is 11.8 Å². The Hall–Kier alpha value is -3.00. The van der Waals surface area contributed by atoms with E-state index in [9.17, 15) is 14.4 Å². The second kappa shape index (κ2) is 11.0. The third-order valence-electron chi connectivity index (χ3n) is 6.87. The lowest BCUT2D eigenvalue weighted by atomic mass is 9.82. The fourth-order valence-corrected chi connectivity index (χ4v) is 4.84. The summed E-state index contributed by atoms with van der Waals surface area (Å²) < 4.78 is 12.5. The molecular formula is C26H33N3O5. The topological polar surface area (TPSA) is 90.7 Å². The van der Waals surface area contributed by atoms with E-state index in [-0.39, 0.29) is 30.0 Å². The third-order valence-corrected chi connectivity index (χ3v) is 6.87. The van der Waals surface area contributed by atoms with Gasteiger partial charge in [-0.2, -0.15) is 0 Å². The van der Waals surface area contributed by atoms with Crippen molar-refractivity contribution < 1.29 is 23.9 Å². The molecule has 1 saturated heterocycles. The molecule has 2 fully saturated rings. The van der Waals surface area contributed by atoms with E-state index in [1.807, 2.05) is 0 Å². The highest BCUT2D eigenvalue weighted by Crippen LogP contribution is 2.34. The van der Waals surface area contributed by atoms with Gasteiger partial charge in [-0.1, -0.05) is 6.92 Å². The highest BCUT2D eigenvalue weighted by Gasteiger charge is 2.37. The molecular weight excluding hydrogens is 434 g/mol.